The van der Waals surface area contributed by atoms with Crippen LogP contribution in [0.5, 0.6) is 0 Å². The molecule has 0 spiro atoms. The van der Waals surface area contributed by atoms with Crippen LogP contribution in [0.2, 0.25) is 0 Å². The molecule has 1 aromatic carbocycles. The summed E-state index contributed by atoms with van der Waals surface area (Å²) < 4.78 is 0. The lowest BCUT2D eigenvalue weighted by molar-refractivity contribution is 0.355. The zero-order valence-electron chi connectivity index (χ0n) is 8.74. The molecule has 2 rings (SSSR count). The molecule has 0 aliphatic carbocycles. The quantitative estimate of drug-likeness (QED) is 0.724. The van der Waals surface area contributed by atoms with E-state index in [-0.39, 0.29) is 0 Å². The van der Waals surface area contributed by atoms with Crippen molar-refractivity contribution in [2.75, 3.05) is 26.7 Å². The Hall–Kier alpha value is -0.860. The molecule has 0 amide bonds. The predicted molar refractivity (Wildman–Crippen MR) is 59.3 cm³/mol. The van der Waals surface area contributed by atoms with E-state index in [0.29, 0.717) is 6.04 Å². The zero-order chi connectivity index (χ0) is 9.80. The van der Waals surface area contributed by atoms with E-state index in [0.717, 1.165) is 13.1 Å². The maximum atomic E-state index is 3.59. The predicted octanol–water partition coefficient (Wildman–Crippen LogP) is 1.65. The highest BCUT2D eigenvalue weighted by Gasteiger charge is 2.14. The molecule has 1 unspecified atom stereocenters. The van der Waals surface area contributed by atoms with E-state index in [1.807, 2.05) is 0 Å². The van der Waals surface area contributed by atoms with Gasteiger partial charge in [-0.1, -0.05) is 30.3 Å². The van der Waals surface area contributed by atoms with Gasteiger partial charge in [0.15, 0.2) is 0 Å². The highest BCUT2D eigenvalue weighted by Crippen LogP contribution is 2.17. The standard InChI is InChI=1S/C12H18N2/c1-14-9-7-12(13-8-10-14)11-5-3-2-4-6-11/h2-6,12-13H,7-10H2,1H3. The first-order valence-corrected chi connectivity index (χ1v) is 5.33. The maximum Gasteiger partial charge on any atom is 0.0332 e. The zero-order valence-corrected chi connectivity index (χ0v) is 8.74. The molecule has 14 heavy (non-hydrogen) atoms. The summed E-state index contributed by atoms with van der Waals surface area (Å²) in [4.78, 5) is 2.38. The summed E-state index contributed by atoms with van der Waals surface area (Å²) in [6.45, 7) is 3.44. The molecule has 1 saturated heterocycles. The van der Waals surface area contributed by atoms with Crippen molar-refractivity contribution in [2.45, 2.75) is 12.5 Å². The van der Waals surface area contributed by atoms with E-state index in [2.05, 4.69) is 47.6 Å². The Morgan fingerprint density at radius 3 is 2.79 bits per heavy atom. The number of hydrogen-bond donors (Lipinski definition) is 1. The van der Waals surface area contributed by atoms with Gasteiger partial charge in [0.05, 0.1) is 0 Å². The van der Waals surface area contributed by atoms with Crippen molar-refractivity contribution >= 4 is 0 Å². The van der Waals surface area contributed by atoms with Crippen LogP contribution < -0.4 is 5.32 Å². The van der Waals surface area contributed by atoms with Gasteiger partial charge < -0.3 is 10.2 Å². The first-order valence-electron chi connectivity index (χ1n) is 5.33. The summed E-state index contributed by atoms with van der Waals surface area (Å²) in [6.07, 6.45) is 1.21. The number of hydrogen-bond acceptors (Lipinski definition) is 2. The number of nitrogens with one attached hydrogen (secondary N) is 1. The molecule has 0 bridgehead atoms. The van der Waals surface area contributed by atoms with E-state index in [9.17, 15) is 0 Å². The molecule has 76 valence electrons. The van der Waals surface area contributed by atoms with Gasteiger partial charge in [-0.3, -0.25) is 0 Å². The summed E-state index contributed by atoms with van der Waals surface area (Å²) in [6, 6.07) is 11.3. The van der Waals surface area contributed by atoms with Gasteiger partial charge in [-0.2, -0.15) is 0 Å². The molecule has 0 radical (unpaired) electrons. The van der Waals surface area contributed by atoms with Crippen LogP contribution in [0.4, 0.5) is 0 Å². The molecule has 2 nitrogen and oxygen atoms in total. The fourth-order valence-electron chi connectivity index (χ4n) is 1.96. The highest BCUT2D eigenvalue weighted by molar-refractivity contribution is 5.19. The lowest BCUT2D eigenvalue weighted by Crippen LogP contribution is -2.24. The minimum Gasteiger partial charge on any atom is -0.309 e. The molecule has 1 aliphatic heterocycles. The summed E-state index contributed by atoms with van der Waals surface area (Å²) in [7, 11) is 2.19. The first kappa shape index (κ1) is 9.69. The SMILES string of the molecule is CN1CCNC(c2ccccc2)CC1. The van der Waals surface area contributed by atoms with Gasteiger partial charge in [0.25, 0.3) is 0 Å². The third-order valence-electron chi connectivity index (χ3n) is 2.89. The van der Waals surface area contributed by atoms with E-state index in [4.69, 9.17) is 0 Å². The summed E-state index contributed by atoms with van der Waals surface area (Å²) in [5.74, 6) is 0. The van der Waals surface area contributed by atoms with Crippen LogP contribution >= 0.6 is 0 Å². The summed E-state index contributed by atoms with van der Waals surface area (Å²) >= 11 is 0. The Morgan fingerprint density at radius 1 is 1.21 bits per heavy atom. The molecule has 0 aromatic heterocycles. The average Bonchev–Trinajstić information content (AvgIpc) is 2.44. The van der Waals surface area contributed by atoms with Gasteiger partial charge in [0, 0.05) is 19.1 Å². The van der Waals surface area contributed by atoms with Crippen LogP contribution in [0.1, 0.15) is 18.0 Å². The van der Waals surface area contributed by atoms with Crippen LogP contribution in [-0.4, -0.2) is 31.6 Å². The number of benzene rings is 1. The lowest BCUT2D eigenvalue weighted by atomic mass is 10.0. The van der Waals surface area contributed by atoms with E-state index >= 15 is 0 Å². The first-order chi connectivity index (χ1) is 6.86. The maximum absolute atomic E-state index is 3.59. The van der Waals surface area contributed by atoms with Crippen molar-refractivity contribution in [2.24, 2.45) is 0 Å². The van der Waals surface area contributed by atoms with Crippen molar-refractivity contribution < 1.29 is 0 Å². The minimum absolute atomic E-state index is 0.543. The van der Waals surface area contributed by atoms with Crippen LogP contribution in [-0.2, 0) is 0 Å². The largest absolute Gasteiger partial charge is 0.309 e. The highest BCUT2D eigenvalue weighted by atomic mass is 15.1. The van der Waals surface area contributed by atoms with Crippen LogP contribution in [0, 0.1) is 0 Å². The Kier molecular flexibility index (Phi) is 3.17. The number of rotatable bonds is 1. The molecular weight excluding hydrogens is 172 g/mol. The smallest absolute Gasteiger partial charge is 0.0332 e. The molecule has 2 heteroatoms. The monoisotopic (exact) mass is 190 g/mol. The summed E-state index contributed by atoms with van der Waals surface area (Å²) in [5, 5.41) is 3.59. The van der Waals surface area contributed by atoms with Gasteiger partial charge >= 0.3 is 0 Å². The van der Waals surface area contributed by atoms with Gasteiger partial charge in [-0.05, 0) is 25.6 Å². The summed E-state index contributed by atoms with van der Waals surface area (Å²) in [5.41, 5.74) is 1.42. The van der Waals surface area contributed by atoms with E-state index < -0.39 is 0 Å². The molecule has 1 aliphatic rings. The van der Waals surface area contributed by atoms with Crippen molar-refractivity contribution in [3.63, 3.8) is 0 Å². The second kappa shape index (κ2) is 4.58. The van der Waals surface area contributed by atoms with Gasteiger partial charge in [-0.15, -0.1) is 0 Å². The molecular formula is C12H18N2. The molecule has 0 saturated carbocycles. The van der Waals surface area contributed by atoms with Crippen molar-refractivity contribution in [1.82, 2.24) is 10.2 Å². The number of likely N-dealkylation sites (N-methyl/N-ethyl adjacent to an activating group) is 1. The third-order valence-corrected chi connectivity index (χ3v) is 2.89. The Morgan fingerprint density at radius 2 is 2.00 bits per heavy atom. The second-order valence-electron chi connectivity index (χ2n) is 4.01. The van der Waals surface area contributed by atoms with Gasteiger partial charge in [0.1, 0.15) is 0 Å². The molecule has 1 N–H and O–H groups in total. The van der Waals surface area contributed by atoms with E-state index in [1.165, 1.54) is 18.5 Å². The number of nitrogens with zero attached hydrogens (tertiary/aromatic N) is 1. The van der Waals surface area contributed by atoms with Crippen LogP contribution in [0.15, 0.2) is 30.3 Å². The normalized spacial score (nSPS) is 24.5. The van der Waals surface area contributed by atoms with Crippen LogP contribution in [0.25, 0.3) is 0 Å². The Labute approximate surface area is 85.9 Å². The van der Waals surface area contributed by atoms with E-state index in [1.54, 1.807) is 0 Å². The molecule has 1 heterocycles. The third kappa shape index (κ3) is 2.34. The fourth-order valence-corrected chi connectivity index (χ4v) is 1.96. The van der Waals surface area contributed by atoms with Gasteiger partial charge in [0.2, 0.25) is 0 Å². The van der Waals surface area contributed by atoms with Crippen LogP contribution in [0.3, 0.4) is 0 Å². The topological polar surface area (TPSA) is 15.3 Å². The average molecular weight is 190 g/mol. The Balaban J connectivity index is 2.04. The van der Waals surface area contributed by atoms with Crippen molar-refractivity contribution in [3.8, 4) is 0 Å². The van der Waals surface area contributed by atoms with Crippen molar-refractivity contribution in [1.29, 1.82) is 0 Å². The van der Waals surface area contributed by atoms with Gasteiger partial charge in [-0.25, -0.2) is 0 Å². The van der Waals surface area contributed by atoms with Crippen molar-refractivity contribution in [3.05, 3.63) is 35.9 Å². The fraction of sp³-hybridized carbons (Fsp3) is 0.500. The lowest BCUT2D eigenvalue weighted by Gasteiger charge is -2.15. The minimum atomic E-state index is 0.543. The molecule has 1 fully saturated rings. The second-order valence-corrected chi connectivity index (χ2v) is 4.01. The molecule has 1 atom stereocenters. The Bertz CT molecular complexity index is 271. The molecule has 1 aromatic rings.